The molecule has 2 atom stereocenters. The van der Waals surface area contributed by atoms with Gasteiger partial charge in [0.2, 0.25) is 0 Å². The largest absolute Gasteiger partial charge is 0.414 e. The van der Waals surface area contributed by atoms with Gasteiger partial charge < -0.3 is 10.0 Å². The lowest BCUT2D eigenvalue weighted by Gasteiger charge is -2.26. The number of anilines is 1. The third-order valence-electron chi connectivity index (χ3n) is 6.02. The fourth-order valence-corrected chi connectivity index (χ4v) is 4.46. The average Bonchev–Trinajstić information content (AvgIpc) is 3.38. The summed E-state index contributed by atoms with van der Waals surface area (Å²) in [5.74, 6) is -2.68. The van der Waals surface area contributed by atoms with Crippen LogP contribution in [-0.4, -0.2) is 40.0 Å². The summed E-state index contributed by atoms with van der Waals surface area (Å²) in [6.45, 7) is 0.825. The minimum Gasteiger partial charge on any atom is -0.383 e. The van der Waals surface area contributed by atoms with Gasteiger partial charge in [0.1, 0.15) is 0 Å². The van der Waals surface area contributed by atoms with Crippen LogP contribution in [0, 0.1) is 18.7 Å². The minimum absolute atomic E-state index is 0.0224. The van der Waals surface area contributed by atoms with Gasteiger partial charge in [0.15, 0.2) is 11.9 Å². The van der Waals surface area contributed by atoms with Crippen molar-refractivity contribution in [1.29, 1.82) is 0 Å². The zero-order chi connectivity index (χ0) is 22.8. The average molecular weight is 451 g/mol. The Labute approximate surface area is 171 Å². The number of rotatable bonds is 4. The highest BCUT2D eigenvalue weighted by Crippen LogP contribution is 2.43. The number of nitrogens with one attached hydrogen (secondary N) is 1. The van der Waals surface area contributed by atoms with Crippen LogP contribution in [0.1, 0.15) is 42.9 Å². The third-order valence-corrected chi connectivity index (χ3v) is 6.02. The van der Waals surface area contributed by atoms with Crippen molar-refractivity contribution >= 4 is 16.6 Å². The van der Waals surface area contributed by atoms with Gasteiger partial charge in [-0.25, -0.2) is 18.0 Å². The number of nitrogens with zero attached hydrogens (tertiary/aromatic N) is 2. The number of benzene rings is 1. The highest BCUT2D eigenvalue weighted by atomic mass is 19.4. The summed E-state index contributed by atoms with van der Waals surface area (Å²) < 4.78 is 82.8. The number of aliphatic hydroxyl groups excluding tert-OH is 1. The van der Waals surface area contributed by atoms with Crippen molar-refractivity contribution in [3.05, 3.63) is 37.8 Å². The van der Waals surface area contributed by atoms with E-state index in [2.05, 4.69) is 0 Å². The Balaban J connectivity index is 1.94. The molecule has 170 valence electrons. The fraction of sp³-hybridized carbons (Fsp3) is 0.579. The van der Waals surface area contributed by atoms with Crippen LogP contribution in [0.2, 0.25) is 0 Å². The van der Waals surface area contributed by atoms with Crippen molar-refractivity contribution in [3.8, 4) is 0 Å². The highest BCUT2D eigenvalue weighted by Gasteiger charge is 2.46. The number of fused-ring (bicyclic) bond motifs is 1. The van der Waals surface area contributed by atoms with Gasteiger partial charge in [-0.2, -0.15) is 13.2 Å². The van der Waals surface area contributed by atoms with Crippen LogP contribution in [0.15, 0.2) is 9.59 Å². The summed E-state index contributed by atoms with van der Waals surface area (Å²) in [4.78, 5) is 27.9. The number of aliphatic hydroxyl groups is 1. The number of aromatic nitrogens is 2. The van der Waals surface area contributed by atoms with Gasteiger partial charge in [0.25, 0.3) is 12.0 Å². The quantitative estimate of drug-likeness (QED) is 0.701. The molecule has 1 saturated heterocycles. The van der Waals surface area contributed by atoms with Gasteiger partial charge in [-0.1, -0.05) is 0 Å². The van der Waals surface area contributed by atoms with E-state index >= 15 is 4.39 Å². The van der Waals surface area contributed by atoms with E-state index < -0.39 is 59.2 Å². The van der Waals surface area contributed by atoms with Crippen LogP contribution >= 0.6 is 0 Å². The van der Waals surface area contributed by atoms with E-state index in [-0.39, 0.29) is 35.8 Å². The topological polar surface area (TPSA) is 78.3 Å². The monoisotopic (exact) mass is 451 g/mol. The molecule has 1 aromatic carbocycles. The molecule has 6 nitrogen and oxygen atoms in total. The molecule has 12 heteroatoms. The lowest BCUT2D eigenvalue weighted by molar-refractivity contribution is -0.217. The molecule has 2 heterocycles. The maximum atomic E-state index is 15.3. The molecule has 2 N–H and O–H groups in total. The fourth-order valence-electron chi connectivity index (χ4n) is 4.46. The molecule has 2 aromatic rings. The van der Waals surface area contributed by atoms with E-state index in [1.54, 1.807) is 0 Å². The molecular weight excluding hydrogens is 432 g/mol. The maximum Gasteiger partial charge on any atom is 0.414 e. The first-order chi connectivity index (χ1) is 14.4. The number of hydrogen-bond donors (Lipinski definition) is 2. The first kappa shape index (κ1) is 21.7. The van der Waals surface area contributed by atoms with Gasteiger partial charge >= 0.3 is 11.9 Å². The molecule has 4 rings (SSSR count). The van der Waals surface area contributed by atoms with Crippen LogP contribution in [0.5, 0.6) is 0 Å². The molecule has 1 aromatic heterocycles. The van der Waals surface area contributed by atoms with Gasteiger partial charge in [-0.05, 0) is 26.2 Å². The van der Waals surface area contributed by atoms with E-state index in [1.165, 1.54) is 11.8 Å². The summed E-state index contributed by atoms with van der Waals surface area (Å²) >= 11 is 0. The molecule has 31 heavy (non-hydrogen) atoms. The van der Waals surface area contributed by atoms with Gasteiger partial charge in [0.05, 0.1) is 22.2 Å². The molecule has 2 unspecified atom stereocenters. The van der Waals surface area contributed by atoms with Crippen LogP contribution in [0.3, 0.4) is 0 Å². The molecule has 0 amide bonds. The summed E-state index contributed by atoms with van der Waals surface area (Å²) in [5, 5.41) is 8.91. The molecular formula is C19H19F6N3O3. The second-order valence-electron chi connectivity index (χ2n) is 8.07. The van der Waals surface area contributed by atoms with Crippen molar-refractivity contribution in [1.82, 2.24) is 9.55 Å². The summed E-state index contributed by atoms with van der Waals surface area (Å²) in [7, 11) is 0. The lowest BCUT2D eigenvalue weighted by Crippen LogP contribution is -2.37. The second kappa shape index (κ2) is 7.28. The van der Waals surface area contributed by atoms with Gasteiger partial charge in [-0.3, -0.25) is 14.3 Å². The number of halogens is 6. The molecule has 1 aliphatic carbocycles. The van der Waals surface area contributed by atoms with Gasteiger partial charge in [0, 0.05) is 30.6 Å². The molecule has 1 aliphatic heterocycles. The molecule has 1 saturated carbocycles. The highest BCUT2D eigenvalue weighted by molar-refractivity contribution is 5.90. The smallest absolute Gasteiger partial charge is 0.383 e. The summed E-state index contributed by atoms with van der Waals surface area (Å²) in [6.07, 6.45) is -9.89. The SMILES string of the molecule is Cc1c(N2CCC(C(O)C(F)(F)F)C2)c(F)c(C(F)F)c2c(=O)[nH]c(=O)n(C3CC3)c12. The van der Waals surface area contributed by atoms with E-state index in [0.29, 0.717) is 12.8 Å². The minimum atomic E-state index is -4.87. The van der Waals surface area contributed by atoms with Crippen molar-refractivity contribution in [2.75, 3.05) is 18.0 Å². The first-order valence-corrected chi connectivity index (χ1v) is 9.71. The Morgan fingerprint density at radius 1 is 1.16 bits per heavy atom. The Kier molecular flexibility index (Phi) is 5.10. The zero-order valence-electron chi connectivity index (χ0n) is 16.3. The Morgan fingerprint density at radius 3 is 2.35 bits per heavy atom. The van der Waals surface area contributed by atoms with Crippen LogP contribution in [0.4, 0.5) is 32.0 Å². The number of alkyl halides is 5. The normalized spacial score (nSPS) is 20.8. The molecule has 2 aliphatic rings. The summed E-state index contributed by atoms with van der Waals surface area (Å²) in [6, 6.07) is -0.340. The second-order valence-corrected chi connectivity index (χ2v) is 8.07. The zero-order valence-corrected chi connectivity index (χ0v) is 16.3. The Morgan fingerprint density at radius 2 is 1.81 bits per heavy atom. The van der Waals surface area contributed by atoms with Crippen molar-refractivity contribution in [2.45, 2.75) is 50.9 Å². The third kappa shape index (κ3) is 3.50. The molecule has 0 bridgehead atoms. The maximum absolute atomic E-state index is 15.3. The number of aryl methyl sites for hydroxylation is 1. The van der Waals surface area contributed by atoms with Crippen LogP contribution in [0.25, 0.3) is 10.9 Å². The van der Waals surface area contributed by atoms with E-state index in [1.807, 2.05) is 4.98 Å². The van der Waals surface area contributed by atoms with E-state index in [0.717, 1.165) is 4.57 Å². The predicted molar refractivity (Wildman–Crippen MR) is 99.1 cm³/mol. The Bertz CT molecular complexity index is 1150. The number of H-pyrrole nitrogens is 1. The van der Waals surface area contributed by atoms with Crippen molar-refractivity contribution < 1.29 is 31.4 Å². The van der Waals surface area contributed by atoms with E-state index in [9.17, 15) is 36.6 Å². The molecule has 2 fully saturated rings. The molecule has 0 spiro atoms. The van der Waals surface area contributed by atoms with Crippen molar-refractivity contribution in [3.63, 3.8) is 0 Å². The first-order valence-electron chi connectivity index (χ1n) is 9.71. The number of hydrogen-bond acceptors (Lipinski definition) is 4. The van der Waals surface area contributed by atoms with Crippen LogP contribution in [-0.2, 0) is 0 Å². The standard InChI is InChI=1S/C19H19F6N3O3/c1-7-13-11(17(30)26-18(31)28(13)9-2-3-9)10(16(21)22)12(20)14(7)27-5-4-8(6-27)15(29)19(23,24)25/h8-9,15-16,29H,2-6H2,1H3,(H,26,30,31). The van der Waals surface area contributed by atoms with Crippen molar-refractivity contribution in [2.24, 2.45) is 5.92 Å². The lowest BCUT2D eigenvalue weighted by atomic mass is 10.00. The van der Waals surface area contributed by atoms with Gasteiger partial charge in [-0.15, -0.1) is 0 Å². The number of aromatic amines is 1. The van der Waals surface area contributed by atoms with Crippen LogP contribution < -0.4 is 16.1 Å². The summed E-state index contributed by atoms with van der Waals surface area (Å²) in [5.41, 5.74) is -3.64. The Hall–Kier alpha value is -2.50. The predicted octanol–water partition coefficient (Wildman–Crippen LogP) is 3.16. The van der Waals surface area contributed by atoms with E-state index in [4.69, 9.17) is 0 Å². The molecule has 0 radical (unpaired) electrons.